The van der Waals surface area contributed by atoms with E-state index in [1.807, 2.05) is 11.7 Å². The van der Waals surface area contributed by atoms with Crippen LogP contribution < -0.4 is 5.32 Å². The van der Waals surface area contributed by atoms with E-state index >= 15 is 0 Å². The van der Waals surface area contributed by atoms with Gasteiger partial charge in [-0.1, -0.05) is 28.1 Å². The molecule has 1 N–H and O–H groups in total. The Morgan fingerprint density at radius 1 is 1.28 bits per heavy atom. The summed E-state index contributed by atoms with van der Waals surface area (Å²) in [6.07, 6.45) is 2.98. The van der Waals surface area contributed by atoms with E-state index in [9.17, 15) is 0 Å². The molecule has 0 amide bonds. The topological polar surface area (TPSA) is 24.9 Å². The molecule has 0 aliphatic heterocycles. The maximum atomic E-state index is 4.12. The Morgan fingerprint density at radius 3 is 2.61 bits per heavy atom. The molecule has 18 heavy (non-hydrogen) atoms. The minimum Gasteiger partial charge on any atom is -0.307 e. The van der Waals surface area contributed by atoms with Gasteiger partial charge in [-0.25, -0.2) is 0 Å². The Labute approximate surface area is 121 Å². The van der Waals surface area contributed by atoms with E-state index in [4.69, 9.17) is 0 Å². The van der Waals surface area contributed by atoms with Crippen molar-refractivity contribution in [1.82, 2.24) is 10.3 Å². The summed E-state index contributed by atoms with van der Waals surface area (Å²) in [6, 6.07) is 9.33. The summed E-state index contributed by atoms with van der Waals surface area (Å²) in [5.41, 5.74) is 3.24. The Balaban J connectivity index is 1.88. The quantitative estimate of drug-likeness (QED) is 0.892. The molecule has 2 unspecified atom stereocenters. The maximum Gasteiger partial charge on any atom is 0.0794 e. The zero-order valence-electron chi connectivity index (χ0n) is 10.6. The van der Waals surface area contributed by atoms with Crippen LogP contribution in [-0.4, -0.2) is 11.0 Å². The van der Waals surface area contributed by atoms with E-state index in [-0.39, 0.29) is 0 Å². The molecule has 0 aliphatic carbocycles. The molecule has 2 nitrogen and oxygen atoms in total. The predicted molar refractivity (Wildman–Crippen MR) is 81.0 cm³/mol. The van der Waals surface area contributed by atoms with Crippen molar-refractivity contribution in [2.45, 2.75) is 32.4 Å². The van der Waals surface area contributed by atoms with Crippen LogP contribution in [-0.2, 0) is 6.42 Å². The third-order valence-electron chi connectivity index (χ3n) is 2.87. The number of hydrogen-bond acceptors (Lipinski definition) is 3. The smallest absolute Gasteiger partial charge is 0.0794 e. The highest BCUT2D eigenvalue weighted by Gasteiger charge is 2.11. The monoisotopic (exact) mass is 324 g/mol. The van der Waals surface area contributed by atoms with Gasteiger partial charge in [0.05, 0.1) is 5.51 Å². The molecule has 1 aromatic carbocycles. The highest BCUT2D eigenvalue weighted by atomic mass is 79.9. The number of thiazole rings is 1. The zero-order valence-corrected chi connectivity index (χ0v) is 13.0. The molecule has 96 valence electrons. The molecule has 2 atom stereocenters. The molecule has 0 saturated heterocycles. The molecule has 0 saturated carbocycles. The normalized spacial score (nSPS) is 14.4. The van der Waals surface area contributed by atoms with Gasteiger partial charge in [-0.05, 0) is 38.0 Å². The van der Waals surface area contributed by atoms with Crippen molar-refractivity contribution in [3.63, 3.8) is 0 Å². The summed E-state index contributed by atoms with van der Waals surface area (Å²) < 4.78 is 1.13. The van der Waals surface area contributed by atoms with Crippen LogP contribution in [0.1, 0.15) is 30.3 Å². The van der Waals surface area contributed by atoms with Crippen LogP contribution in [0.2, 0.25) is 0 Å². The van der Waals surface area contributed by atoms with E-state index in [0.717, 1.165) is 10.9 Å². The number of aromatic nitrogens is 1. The van der Waals surface area contributed by atoms with E-state index in [0.29, 0.717) is 12.1 Å². The van der Waals surface area contributed by atoms with Gasteiger partial charge in [0, 0.05) is 27.6 Å². The van der Waals surface area contributed by atoms with E-state index in [2.05, 4.69) is 64.3 Å². The molecular weight excluding hydrogens is 308 g/mol. The van der Waals surface area contributed by atoms with Gasteiger partial charge < -0.3 is 5.32 Å². The molecule has 4 heteroatoms. The minimum absolute atomic E-state index is 0.364. The lowest BCUT2D eigenvalue weighted by Gasteiger charge is -2.19. The van der Waals surface area contributed by atoms with Crippen molar-refractivity contribution in [2.75, 3.05) is 0 Å². The zero-order chi connectivity index (χ0) is 13.0. The highest BCUT2D eigenvalue weighted by Crippen LogP contribution is 2.18. The fraction of sp³-hybridized carbons (Fsp3) is 0.357. The first kappa shape index (κ1) is 13.7. The van der Waals surface area contributed by atoms with E-state index in [1.54, 1.807) is 11.3 Å². The minimum atomic E-state index is 0.364. The van der Waals surface area contributed by atoms with Crippen LogP contribution in [0.4, 0.5) is 0 Å². The Bertz CT molecular complexity index is 467. The van der Waals surface area contributed by atoms with Crippen molar-refractivity contribution < 1.29 is 0 Å². The van der Waals surface area contributed by atoms with Gasteiger partial charge in [-0.3, -0.25) is 4.98 Å². The van der Waals surface area contributed by atoms with Gasteiger partial charge >= 0.3 is 0 Å². The van der Waals surface area contributed by atoms with Crippen molar-refractivity contribution in [3.05, 3.63) is 50.9 Å². The number of hydrogen-bond donors (Lipinski definition) is 1. The predicted octanol–water partition coefficient (Wildman–Crippen LogP) is 4.19. The fourth-order valence-electron chi connectivity index (χ4n) is 1.98. The molecule has 1 heterocycles. The average Bonchev–Trinajstić information content (AvgIpc) is 2.85. The maximum absolute atomic E-state index is 4.12. The number of benzene rings is 1. The third-order valence-corrected chi connectivity index (χ3v) is 4.35. The molecule has 0 bridgehead atoms. The van der Waals surface area contributed by atoms with Crippen LogP contribution in [0.3, 0.4) is 0 Å². The standard InChI is InChI=1S/C14H17BrN2S/c1-10(7-12-3-5-13(15)6-4-12)17-11(2)14-8-16-9-18-14/h3-6,8-11,17H,7H2,1-2H3. The van der Waals surface area contributed by atoms with Crippen molar-refractivity contribution in [2.24, 2.45) is 0 Å². The number of nitrogens with one attached hydrogen (secondary N) is 1. The van der Waals surface area contributed by atoms with Crippen LogP contribution in [0.15, 0.2) is 40.4 Å². The van der Waals surface area contributed by atoms with Crippen LogP contribution in [0, 0.1) is 0 Å². The average molecular weight is 325 g/mol. The number of rotatable bonds is 5. The summed E-state index contributed by atoms with van der Waals surface area (Å²) >= 11 is 5.16. The second-order valence-electron chi connectivity index (χ2n) is 4.52. The molecule has 0 radical (unpaired) electrons. The first-order valence-corrected chi connectivity index (χ1v) is 7.71. The summed E-state index contributed by atoms with van der Waals surface area (Å²) in [7, 11) is 0. The summed E-state index contributed by atoms with van der Waals surface area (Å²) in [4.78, 5) is 5.41. The molecular formula is C14H17BrN2S. The molecule has 2 aromatic rings. The summed E-state index contributed by atoms with van der Waals surface area (Å²) in [6.45, 7) is 4.41. The lowest BCUT2D eigenvalue weighted by atomic mass is 10.1. The Morgan fingerprint density at radius 2 is 2.00 bits per heavy atom. The number of halogens is 1. The van der Waals surface area contributed by atoms with Gasteiger partial charge in [-0.2, -0.15) is 0 Å². The lowest BCUT2D eigenvalue weighted by Crippen LogP contribution is -2.30. The lowest BCUT2D eigenvalue weighted by molar-refractivity contribution is 0.481. The van der Waals surface area contributed by atoms with Gasteiger partial charge in [-0.15, -0.1) is 11.3 Å². The van der Waals surface area contributed by atoms with Crippen molar-refractivity contribution in [1.29, 1.82) is 0 Å². The Kier molecular flexibility index (Phi) is 4.92. The molecule has 2 rings (SSSR count). The fourth-order valence-corrected chi connectivity index (χ4v) is 2.88. The summed E-state index contributed by atoms with van der Waals surface area (Å²) in [5, 5.41) is 3.60. The van der Waals surface area contributed by atoms with Gasteiger partial charge in [0.2, 0.25) is 0 Å². The largest absolute Gasteiger partial charge is 0.307 e. The van der Waals surface area contributed by atoms with E-state index in [1.165, 1.54) is 10.4 Å². The molecule has 0 fully saturated rings. The van der Waals surface area contributed by atoms with Gasteiger partial charge in [0.1, 0.15) is 0 Å². The van der Waals surface area contributed by atoms with Gasteiger partial charge in [0.25, 0.3) is 0 Å². The van der Waals surface area contributed by atoms with Crippen molar-refractivity contribution in [3.8, 4) is 0 Å². The Hall–Kier alpha value is -0.710. The molecule has 1 aromatic heterocycles. The van der Waals surface area contributed by atoms with Crippen LogP contribution in [0.25, 0.3) is 0 Å². The SMILES string of the molecule is CC(Cc1ccc(Br)cc1)NC(C)c1cncs1. The third kappa shape index (κ3) is 3.90. The molecule has 0 aliphatic rings. The van der Waals surface area contributed by atoms with Crippen molar-refractivity contribution >= 4 is 27.3 Å². The first-order chi connectivity index (χ1) is 8.65. The first-order valence-electron chi connectivity index (χ1n) is 6.04. The summed E-state index contributed by atoms with van der Waals surface area (Å²) in [5.74, 6) is 0. The highest BCUT2D eigenvalue weighted by molar-refractivity contribution is 9.10. The van der Waals surface area contributed by atoms with E-state index < -0.39 is 0 Å². The van der Waals surface area contributed by atoms with Crippen LogP contribution in [0.5, 0.6) is 0 Å². The second-order valence-corrected chi connectivity index (χ2v) is 6.36. The number of nitrogens with zero attached hydrogens (tertiary/aromatic N) is 1. The van der Waals surface area contributed by atoms with Crippen LogP contribution >= 0.6 is 27.3 Å². The van der Waals surface area contributed by atoms with Gasteiger partial charge in [0.15, 0.2) is 0 Å². The molecule has 0 spiro atoms. The second kappa shape index (κ2) is 6.45.